The van der Waals surface area contributed by atoms with E-state index in [1.807, 2.05) is 6.08 Å². The van der Waals surface area contributed by atoms with E-state index in [2.05, 4.69) is 6.08 Å². The van der Waals surface area contributed by atoms with Gasteiger partial charge in [0.15, 0.2) is 0 Å². The van der Waals surface area contributed by atoms with E-state index < -0.39 is 5.97 Å². The molecular weight excluding hydrogens is 154 g/mol. The van der Waals surface area contributed by atoms with Crippen molar-refractivity contribution >= 4 is 5.97 Å². The molecule has 0 spiro atoms. The second kappa shape index (κ2) is 2.59. The Labute approximate surface area is 71.3 Å². The van der Waals surface area contributed by atoms with E-state index >= 15 is 0 Å². The molecule has 1 saturated carbocycles. The van der Waals surface area contributed by atoms with Crippen LogP contribution in [0.1, 0.15) is 12.8 Å². The Morgan fingerprint density at radius 2 is 1.92 bits per heavy atom. The highest BCUT2D eigenvalue weighted by atomic mass is 16.4. The number of allylic oxidation sites excluding steroid dienone is 1. The van der Waals surface area contributed by atoms with Crippen molar-refractivity contribution in [2.75, 3.05) is 0 Å². The predicted molar refractivity (Wildman–Crippen MR) is 44.5 cm³/mol. The van der Waals surface area contributed by atoms with Crippen molar-refractivity contribution in [3.8, 4) is 0 Å². The molecule has 12 heavy (non-hydrogen) atoms. The number of carbonyl (C=O) groups is 1. The van der Waals surface area contributed by atoms with E-state index in [1.165, 1.54) is 0 Å². The molecule has 0 aliphatic heterocycles. The number of rotatable bonds is 1. The van der Waals surface area contributed by atoms with Crippen molar-refractivity contribution in [2.24, 2.45) is 23.5 Å². The molecular formula is C9H13NO2. The van der Waals surface area contributed by atoms with E-state index in [0.29, 0.717) is 5.92 Å². The fourth-order valence-corrected chi connectivity index (χ4v) is 2.38. The fraction of sp³-hybridized carbons (Fsp3) is 0.667. The van der Waals surface area contributed by atoms with Gasteiger partial charge in [0.05, 0.1) is 5.92 Å². The summed E-state index contributed by atoms with van der Waals surface area (Å²) in [6.07, 6.45) is 6.16. The highest BCUT2D eigenvalue weighted by Crippen LogP contribution is 2.39. The van der Waals surface area contributed by atoms with Gasteiger partial charge in [-0.2, -0.15) is 0 Å². The number of fused-ring (bicyclic) bond motifs is 2. The van der Waals surface area contributed by atoms with Crippen molar-refractivity contribution in [1.82, 2.24) is 0 Å². The topological polar surface area (TPSA) is 63.3 Å². The maximum Gasteiger partial charge on any atom is 0.308 e. The zero-order valence-corrected chi connectivity index (χ0v) is 6.81. The van der Waals surface area contributed by atoms with Crippen LogP contribution >= 0.6 is 0 Å². The van der Waals surface area contributed by atoms with Crippen molar-refractivity contribution in [3.63, 3.8) is 0 Å². The van der Waals surface area contributed by atoms with Crippen molar-refractivity contribution in [3.05, 3.63) is 12.2 Å². The molecule has 4 atom stereocenters. The lowest BCUT2D eigenvalue weighted by Crippen LogP contribution is -2.50. The van der Waals surface area contributed by atoms with E-state index in [1.54, 1.807) is 0 Å². The van der Waals surface area contributed by atoms with Gasteiger partial charge in [0, 0.05) is 6.04 Å². The average Bonchev–Trinajstić information content (AvgIpc) is 2.05. The number of hydrogen-bond donors (Lipinski definition) is 2. The van der Waals surface area contributed by atoms with Crippen molar-refractivity contribution < 1.29 is 9.90 Å². The quantitative estimate of drug-likeness (QED) is 0.562. The molecule has 0 aromatic rings. The van der Waals surface area contributed by atoms with Gasteiger partial charge in [-0.05, 0) is 24.7 Å². The summed E-state index contributed by atoms with van der Waals surface area (Å²) in [6, 6.07) is -0.161. The summed E-state index contributed by atoms with van der Waals surface area (Å²) >= 11 is 0. The fourth-order valence-electron chi connectivity index (χ4n) is 2.38. The van der Waals surface area contributed by atoms with Gasteiger partial charge in [0.1, 0.15) is 0 Å². The second-order valence-electron chi connectivity index (χ2n) is 3.73. The molecule has 3 aliphatic rings. The molecule has 3 rings (SSSR count). The maximum atomic E-state index is 10.8. The monoisotopic (exact) mass is 167 g/mol. The number of hydrogen-bond acceptors (Lipinski definition) is 2. The maximum absolute atomic E-state index is 10.8. The van der Waals surface area contributed by atoms with E-state index in [-0.39, 0.29) is 17.9 Å². The van der Waals surface area contributed by atoms with Gasteiger partial charge < -0.3 is 10.8 Å². The average molecular weight is 167 g/mol. The molecule has 2 bridgehead atoms. The third kappa shape index (κ3) is 0.966. The van der Waals surface area contributed by atoms with E-state index in [4.69, 9.17) is 10.8 Å². The normalized spacial score (nSPS) is 44.8. The van der Waals surface area contributed by atoms with Crippen molar-refractivity contribution in [1.29, 1.82) is 0 Å². The summed E-state index contributed by atoms with van der Waals surface area (Å²) in [5.74, 6) is -0.589. The highest BCUT2D eigenvalue weighted by molar-refractivity contribution is 5.72. The molecule has 66 valence electrons. The molecule has 3 nitrogen and oxygen atoms in total. The van der Waals surface area contributed by atoms with Crippen LogP contribution < -0.4 is 5.73 Å². The molecule has 3 aliphatic carbocycles. The Morgan fingerprint density at radius 1 is 1.33 bits per heavy atom. The first-order valence-corrected chi connectivity index (χ1v) is 4.37. The Morgan fingerprint density at radius 3 is 2.25 bits per heavy atom. The summed E-state index contributed by atoms with van der Waals surface area (Å²) in [5.41, 5.74) is 5.83. The van der Waals surface area contributed by atoms with Crippen LogP contribution in [-0.2, 0) is 4.79 Å². The van der Waals surface area contributed by atoms with Crippen LogP contribution in [0.25, 0.3) is 0 Å². The molecule has 1 fully saturated rings. The Balaban J connectivity index is 2.26. The number of carboxylic acids is 1. The SMILES string of the molecule is N[C@@H]1[C@@H](C(=O)O)[C@H]2C=C[C@H]1CC2. The smallest absolute Gasteiger partial charge is 0.308 e. The molecule has 0 amide bonds. The van der Waals surface area contributed by atoms with Crippen LogP contribution in [-0.4, -0.2) is 17.1 Å². The van der Waals surface area contributed by atoms with Crippen LogP contribution in [0.3, 0.4) is 0 Å². The Bertz CT molecular complexity index is 237. The molecule has 3 N–H and O–H groups in total. The van der Waals surface area contributed by atoms with Gasteiger partial charge in [-0.15, -0.1) is 0 Å². The zero-order chi connectivity index (χ0) is 8.72. The number of nitrogens with two attached hydrogens (primary N) is 1. The molecule has 0 radical (unpaired) electrons. The van der Waals surface area contributed by atoms with Gasteiger partial charge in [-0.25, -0.2) is 0 Å². The standard InChI is InChI=1S/C9H13NO2/c10-8-6-3-1-5(2-4-6)7(8)9(11)12/h1,3,5-8H,2,4,10H2,(H,11,12)/t5-,6-,7-,8-/m0/s1. The molecule has 3 heteroatoms. The molecule has 0 unspecified atom stereocenters. The van der Waals surface area contributed by atoms with Gasteiger partial charge in [-0.3, -0.25) is 4.79 Å². The summed E-state index contributed by atoms with van der Waals surface area (Å²) in [7, 11) is 0. The first kappa shape index (κ1) is 7.80. The van der Waals surface area contributed by atoms with Gasteiger partial charge in [-0.1, -0.05) is 12.2 Å². The van der Waals surface area contributed by atoms with Gasteiger partial charge in [0.25, 0.3) is 0 Å². The Kier molecular flexibility index (Phi) is 1.68. The minimum absolute atomic E-state index is 0.161. The molecule has 0 heterocycles. The predicted octanol–water partition coefficient (Wildman–Crippen LogP) is 0.610. The third-order valence-corrected chi connectivity index (χ3v) is 3.09. The lowest BCUT2D eigenvalue weighted by molar-refractivity contribution is -0.145. The minimum Gasteiger partial charge on any atom is -0.481 e. The summed E-state index contributed by atoms with van der Waals surface area (Å²) in [4.78, 5) is 10.8. The first-order chi connectivity index (χ1) is 5.70. The summed E-state index contributed by atoms with van der Waals surface area (Å²) in [6.45, 7) is 0. The van der Waals surface area contributed by atoms with E-state index in [9.17, 15) is 4.79 Å². The van der Waals surface area contributed by atoms with E-state index in [0.717, 1.165) is 12.8 Å². The molecule has 0 aromatic carbocycles. The van der Waals surface area contributed by atoms with Crippen molar-refractivity contribution in [2.45, 2.75) is 18.9 Å². The van der Waals surface area contributed by atoms with Crippen LogP contribution in [0.15, 0.2) is 12.2 Å². The lowest BCUT2D eigenvalue weighted by atomic mass is 9.66. The summed E-state index contributed by atoms with van der Waals surface area (Å²) in [5, 5.41) is 8.92. The van der Waals surface area contributed by atoms with Gasteiger partial charge in [0.2, 0.25) is 0 Å². The second-order valence-corrected chi connectivity index (χ2v) is 3.73. The zero-order valence-electron chi connectivity index (χ0n) is 6.81. The highest BCUT2D eigenvalue weighted by Gasteiger charge is 2.42. The first-order valence-electron chi connectivity index (χ1n) is 4.37. The van der Waals surface area contributed by atoms with Crippen LogP contribution in [0, 0.1) is 17.8 Å². The van der Waals surface area contributed by atoms with Crippen LogP contribution in [0.2, 0.25) is 0 Å². The number of carboxylic acid groups (broad SMARTS) is 1. The number of aliphatic carboxylic acids is 1. The largest absolute Gasteiger partial charge is 0.481 e. The summed E-state index contributed by atoms with van der Waals surface area (Å²) < 4.78 is 0. The third-order valence-electron chi connectivity index (χ3n) is 3.09. The van der Waals surface area contributed by atoms with Crippen LogP contribution in [0.5, 0.6) is 0 Å². The minimum atomic E-state index is -0.735. The lowest BCUT2D eigenvalue weighted by Gasteiger charge is -2.40. The molecule has 0 aromatic heterocycles. The Hall–Kier alpha value is -0.830. The van der Waals surface area contributed by atoms with Crippen LogP contribution in [0.4, 0.5) is 0 Å². The molecule has 0 saturated heterocycles. The van der Waals surface area contributed by atoms with Gasteiger partial charge >= 0.3 is 5.97 Å².